The Bertz CT molecular complexity index is 770. The topological polar surface area (TPSA) is 274 Å². The summed E-state index contributed by atoms with van der Waals surface area (Å²) in [5.41, 5.74) is 15.7. The van der Waals surface area contributed by atoms with Crippen LogP contribution in [0, 0.1) is 5.92 Å². The Balaban J connectivity index is 5.58. The lowest BCUT2D eigenvalue weighted by Gasteiger charge is -2.24. The molecule has 15 nitrogen and oxygen atoms in total. The highest BCUT2D eigenvalue weighted by molar-refractivity contribution is 5.97. The molecule has 0 rings (SSSR count). The third-order valence-electron chi connectivity index (χ3n) is 4.09. The number of hydrogen-bond donors (Lipinski definition) is 8. The molecular weight excluding hydrogens is 432 g/mol. The summed E-state index contributed by atoms with van der Waals surface area (Å²) in [4.78, 5) is 81.6. The van der Waals surface area contributed by atoms with Crippen LogP contribution >= 0.6 is 0 Å². The molecule has 0 aliphatic carbocycles. The van der Waals surface area contributed by atoms with E-state index in [-0.39, 0.29) is 5.92 Å². The smallest absolute Gasteiger partial charge is 0.326 e. The predicted molar refractivity (Wildman–Crippen MR) is 106 cm³/mol. The maximum Gasteiger partial charge on any atom is 0.326 e. The fourth-order valence-corrected chi connectivity index (χ4v) is 2.31. The van der Waals surface area contributed by atoms with Gasteiger partial charge in [-0.3, -0.25) is 28.8 Å². The average molecular weight is 460 g/mol. The Hall–Kier alpha value is -3.75. The second kappa shape index (κ2) is 12.8. The highest BCUT2D eigenvalue weighted by Gasteiger charge is 2.33. The molecule has 0 spiro atoms. The van der Waals surface area contributed by atoms with Crippen LogP contribution < -0.4 is 33.2 Å². The maximum absolute atomic E-state index is 12.6. The lowest BCUT2D eigenvalue weighted by atomic mass is 10.0. The zero-order chi connectivity index (χ0) is 25.2. The number of carboxylic acids is 2. The molecule has 0 aliphatic heterocycles. The van der Waals surface area contributed by atoms with Crippen molar-refractivity contribution < 1.29 is 43.8 Å². The van der Waals surface area contributed by atoms with Crippen molar-refractivity contribution in [1.82, 2.24) is 16.0 Å². The monoisotopic (exact) mass is 460 g/mol. The van der Waals surface area contributed by atoms with Gasteiger partial charge in [0.25, 0.3) is 0 Å². The van der Waals surface area contributed by atoms with Crippen LogP contribution in [0.3, 0.4) is 0 Å². The highest BCUT2D eigenvalue weighted by Crippen LogP contribution is 2.03. The summed E-state index contributed by atoms with van der Waals surface area (Å²) >= 11 is 0. The number of rotatable bonds is 14. The molecule has 0 aromatic carbocycles. The van der Waals surface area contributed by atoms with Gasteiger partial charge < -0.3 is 43.4 Å². The molecule has 0 aromatic rings. The van der Waals surface area contributed by atoms with Crippen LogP contribution in [-0.2, 0) is 33.6 Å². The van der Waals surface area contributed by atoms with Gasteiger partial charge in [-0.25, -0.2) is 4.79 Å². The van der Waals surface area contributed by atoms with Crippen LogP contribution in [0.1, 0.15) is 33.1 Å². The average Bonchev–Trinajstić information content (AvgIpc) is 2.64. The molecule has 11 N–H and O–H groups in total. The largest absolute Gasteiger partial charge is 0.481 e. The van der Waals surface area contributed by atoms with Gasteiger partial charge in [-0.15, -0.1) is 0 Å². The lowest BCUT2D eigenvalue weighted by Crippen LogP contribution is -2.58. The number of carbonyl (C=O) groups is 7. The maximum atomic E-state index is 12.6. The van der Waals surface area contributed by atoms with E-state index in [9.17, 15) is 33.6 Å². The fourth-order valence-electron chi connectivity index (χ4n) is 2.31. The summed E-state index contributed by atoms with van der Waals surface area (Å²) in [6.45, 7) is 3.26. The second-order valence-corrected chi connectivity index (χ2v) is 7.23. The molecule has 0 saturated heterocycles. The van der Waals surface area contributed by atoms with Crippen molar-refractivity contribution in [2.45, 2.75) is 57.3 Å². The first-order valence-electron chi connectivity index (χ1n) is 9.33. The highest BCUT2D eigenvalue weighted by atomic mass is 16.4. The SMILES string of the molecule is CC(C)C(N)C(=O)NC(CC(N)=O)C(=O)NC(CC(=O)O)C(=O)NC(CC(N)=O)C(=O)O. The van der Waals surface area contributed by atoms with Gasteiger partial charge in [0.2, 0.25) is 29.5 Å². The summed E-state index contributed by atoms with van der Waals surface area (Å²) < 4.78 is 0. The molecule has 180 valence electrons. The number of nitrogens with two attached hydrogens (primary N) is 3. The zero-order valence-corrected chi connectivity index (χ0v) is 17.5. The number of nitrogens with one attached hydrogen (secondary N) is 3. The lowest BCUT2D eigenvalue weighted by molar-refractivity contribution is -0.145. The molecule has 0 radical (unpaired) electrons. The van der Waals surface area contributed by atoms with E-state index in [4.69, 9.17) is 27.4 Å². The summed E-state index contributed by atoms with van der Waals surface area (Å²) in [5.74, 6) is -8.72. The van der Waals surface area contributed by atoms with Crippen molar-refractivity contribution in [2.75, 3.05) is 0 Å². The molecule has 15 heteroatoms. The first kappa shape index (κ1) is 28.2. The minimum absolute atomic E-state index is 0.323. The van der Waals surface area contributed by atoms with Gasteiger partial charge in [-0.1, -0.05) is 13.8 Å². The van der Waals surface area contributed by atoms with Crippen LogP contribution in [0.5, 0.6) is 0 Å². The minimum atomic E-state index is -1.82. The third-order valence-corrected chi connectivity index (χ3v) is 4.09. The van der Waals surface area contributed by atoms with Crippen LogP contribution in [-0.4, -0.2) is 75.9 Å². The molecule has 0 fully saturated rings. The molecule has 32 heavy (non-hydrogen) atoms. The molecule has 4 unspecified atom stereocenters. The van der Waals surface area contributed by atoms with E-state index in [0.29, 0.717) is 0 Å². The summed E-state index contributed by atoms with van der Waals surface area (Å²) in [6, 6.07) is -6.23. The number of carbonyl (C=O) groups excluding carboxylic acids is 5. The zero-order valence-electron chi connectivity index (χ0n) is 17.5. The second-order valence-electron chi connectivity index (χ2n) is 7.23. The standard InChI is InChI=1S/C17H28N6O9/c1-6(2)13(20)16(30)22-7(3-10(18)24)14(28)21-8(5-12(26)27)15(29)23-9(17(31)32)4-11(19)25/h6-9,13H,3-5,20H2,1-2H3,(H2,18,24)(H2,19,25)(H,21,28)(H,22,30)(H,23,29)(H,26,27)(H,31,32). The minimum Gasteiger partial charge on any atom is -0.481 e. The summed E-state index contributed by atoms with van der Waals surface area (Å²) in [7, 11) is 0. The van der Waals surface area contributed by atoms with Crippen molar-refractivity contribution in [3.8, 4) is 0 Å². The molecular formula is C17H28N6O9. The molecule has 5 amide bonds. The fraction of sp³-hybridized carbons (Fsp3) is 0.588. The number of aliphatic carboxylic acids is 2. The molecule has 0 aromatic heterocycles. The number of carboxylic acid groups (broad SMARTS) is 2. The van der Waals surface area contributed by atoms with E-state index in [2.05, 4.69) is 5.32 Å². The first-order chi connectivity index (χ1) is 14.6. The third kappa shape index (κ3) is 10.3. The molecule has 0 aliphatic rings. The van der Waals surface area contributed by atoms with E-state index in [1.165, 1.54) is 0 Å². The van der Waals surface area contributed by atoms with Crippen LogP contribution in [0.2, 0.25) is 0 Å². The Kier molecular flexibility index (Phi) is 11.3. The first-order valence-corrected chi connectivity index (χ1v) is 9.33. The summed E-state index contributed by atoms with van der Waals surface area (Å²) in [6.07, 6.45) is -2.46. The molecule has 0 saturated carbocycles. The Morgan fingerprint density at radius 1 is 0.688 bits per heavy atom. The van der Waals surface area contributed by atoms with E-state index >= 15 is 0 Å². The van der Waals surface area contributed by atoms with Crippen molar-refractivity contribution in [3.05, 3.63) is 0 Å². The number of hydrogen-bond acceptors (Lipinski definition) is 8. The van der Waals surface area contributed by atoms with Gasteiger partial charge in [-0.2, -0.15) is 0 Å². The normalized spacial score (nSPS) is 14.4. The number of amides is 5. The van der Waals surface area contributed by atoms with Gasteiger partial charge in [0, 0.05) is 0 Å². The molecule has 0 heterocycles. The van der Waals surface area contributed by atoms with Crippen molar-refractivity contribution in [3.63, 3.8) is 0 Å². The van der Waals surface area contributed by atoms with Crippen LogP contribution in [0.25, 0.3) is 0 Å². The Morgan fingerprint density at radius 2 is 1.06 bits per heavy atom. The van der Waals surface area contributed by atoms with Crippen LogP contribution in [0.4, 0.5) is 0 Å². The quantitative estimate of drug-likeness (QED) is 0.123. The van der Waals surface area contributed by atoms with Gasteiger partial charge in [0.05, 0.1) is 25.3 Å². The Labute approximate surface area is 182 Å². The van der Waals surface area contributed by atoms with Gasteiger partial charge in [-0.05, 0) is 5.92 Å². The van der Waals surface area contributed by atoms with E-state index in [1.807, 2.05) is 10.6 Å². The van der Waals surface area contributed by atoms with Crippen molar-refractivity contribution >= 4 is 41.5 Å². The van der Waals surface area contributed by atoms with E-state index in [0.717, 1.165) is 0 Å². The summed E-state index contributed by atoms with van der Waals surface area (Å²) in [5, 5.41) is 24.2. The number of primary amides is 2. The van der Waals surface area contributed by atoms with Crippen molar-refractivity contribution in [1.29, 1.82) is 0 Å². The van der Waals surface area contributed by atoms with Crippen LogP contribution in [0.15, 0.2) is 0 Å². The molecule has 0 bridgehead atoms. The van der Waals surface area contributed by atoms with E-state index in [1.54, 1.807) is 13.8 Å². The Morgan fingerprint density at radius 3 is 1.44 bits per heavy atom. The predicted octanol–water partition coefficient (Wildman–Crippen LogP) is -4.27. The van der Waals surface area contributed by atoms with E-state index < -0.39 is 84.9 Å². The molecule has 4 atom stereocenters. The van der Waals surface area contributed by atoms with Gasteiger partial charge in [0.1, 0.15) is 18.1 Å². The van der Waals surface area contributed by atoms with Gasteiger partial charge in [0.15, 0.2) is 0 Å². The van der Waals surface area contributed by atoms with Crippen molar-refractivity contribution in [2.24, 2.45) is 23.1 Å². The van der Waals surface area contributed by atoms with Gasteiger partial charge >= 0.3 is 11.9 Å².